The molecule has 70 valence electrons. The molecule has 3 heteroatoms. The number of ketones is 1. The fraction of sp³-hybridized carbons (Fsp3) is 0.500. The Morgan fingerprint density at radius 2 is 2.31 bits per heavy atom. The van der Waals surface area contributed by atoms with Crippen molar-refractivity contribution in [1.82, 2.24) is 0 Å². The first-order valence-electron chi connectivity index (χ1n) is 4.58. The van der Waals surface area contributed by atoms with Crippen LogP contribution in [-0.4, -0.2) is 12.3 Å². The minimum absolute atomic E-state index is 0.00407. The van der Waals surface area contributed by atoms with Crippen LogP contribution in [0.25, 0.3) is 0 Å². The van der Waals surface area contributed by atoms with Crippen LogP contribution in [0.1, 0.15) is 33.9 Å². The molecule has 1 aromatic rings. The molecule has 1 aliphatic rings. The quantitative estimate of drug-likeness (QED) is 0.694. The number of carbonyl (C=O) groups excluding carboxylic acids is 1. The first-order valence-corrected chi connectivity index (χ1v) is 4.58. The topological polar surface area (TPSA) is 56.2 Å². The normalized spacial score (nSPS) is 14.6. The van der Waals surface area contributed by atoms with Crippen molar-refractivity contribution in [2.75, 3.05) is 6.54 Å². The lowest BCUT2D eigenvalue weighted by atomic mass is 10.1. The zero-order valence-electron chi connectivity index (χ0n) is 7.72. The van der Waals surface area contributed by atoms with Crippen LogP contribution < -0.4 is 5.73 Å². The molecule has 1 aromatic heterocycles. The smallest absolute Gasteiger partial charge is 0.180 e. The van der Waals surface area contributed by atoms with Crippen molar-refractivity contribution < 1.29 is 9.21 Å². The number of carbonyl (C=O) groups is 1. The van der Waals surface area contributed by atoms with Gasteiger partial charge in [-0.3, -0.25) is 4.79 Å². The lowest BCUT2D eigenvalue weighted by molar-refractivity contribution is 0.0999. The van der Waals surface area contributed by atoms with E-state index in [9.17, 15) is 4.79 Å². The van der Waals surface area contributed by atoms with Gasteiger partial charge in [-0.2, -0.15) is 0 Å². The standard InChI is InChI=1S/C10H13NO2/c1-6-10(8(12)5-11)7-3-2-4-9(7)13-6/h2-5,11H2,1H3. The highest BCUT2D eigenvalue weighted by atomic mass is 16.3. The van der Waals surface area contributed by atoms with E-state index in [1.54, 1.807) is 0 Å². The third-order valence-electron chi connectivity index (χ3n) is 2.56. The molecule has 1 heterocycles. The highest BCUT2D eigenvalue weighted by Crippen LogP contribution is 2.30. The molecule has 0 aromatic carbocycles. The number of hydrogen-bond donors (Lipinski definition) is 1. The number of furan rings is 1. The molecule has 1 aliphatic carbocycles. The van der Waals surface area contributed by atoms with Gasteiger partial charge in [-0.1, -0.05) is 0 Å². The summed E-state index contributed by atoms with van der Waals surface area (Å²) in [5.74, 6) is 1.74. The molecular formula is C10H13NO2. The van der Waals surface area contributed by atoms with E-state index in [1.807, 2.05) is 6.92 Å². The minimum Gasteiger partial charge on any atom is -0.465 e. The number of rotatable bonds is 2. The van der Waals surface area contributed by atoms with Gasteiger partial charge in [0.05, 0.1) is 12.1 Å². The van der Waals surface area contributed by atoms with Crippen molar-refractivity contribution in [1.29, 1.82) is 0 Å². The average Bonchev–Trinajstić information content (AvgIpc) is 2.62. The van der Waals surface area contributed by atoms with Crippen molar-refractivity contribution in [3.8, 4) is 0 Å². The van der Waals surface area contributed by atoms with Gasteiger partial charge in [0.2, 0.25) is 0 Å². The van der Waals surface area contributed by atoms with Gasteiger partial charge >= 0.3 is 0 Å². The molecule has 0 aliphatic heterocycles. The summed E-state index contributed by atoms with van der Waals surface area (Å²) in [6, 6.07) is 0. The maximum absolute atomic E-state index is 11.5. The summed E-state index contributed by atoms with van der Waals surface area (Å²) in [6.45, 7) is 1.91. The summed E-state index contributed by atoms with van der Waals surface area (Å²) in [5.41, 5.74) is 7.18. The highest BCUT2D eigenvalue weighted by molar-refractivity contribution is 6.00. The Kier molecular flexibility index (Phi) is 1.96. The molecule has 0 bridgehead atoms. The second-order valence-electron chi connectivity index (χ2n) is 3.42. The van der Waals surface area contributed by atoms with Crippen LogP contribution in [0, 0.1) is 6.92 Å². The molecule has 0 fully saturated rings. The Hall–Kier alpha value is -1.09. The van der Waals surface area contributed by atoms with Gasteiger partial charge in [-0.15, -0.1) is 0 Å². The second-order valence-corrected chi connectivity index (χ2v) is 3.42. The fourth-order valence-electron chi connectivity index (χ4n) is 2.01. The van der Waals surface area contributed by atoms with Crippen LogP contribution in [0.5, 0.6) is 0 Å². The summed E-state index contributed by atoms with van der Waals surface area (Å²) in [6.07, 6.45) is 3.03. The molecule has 0 unspecified atom stereocenters. The van der Waals surface area contributed by atoms with Gasteiger partial charge in [-0.05, 0) is 19.8 Å². The number of hydrogen-bond acceptors (Lipinski definition) is 3. The van der Waals surface area contributed by atoms with E-state index in [0.717, 1.165) is 41.9 Å². The number of nitrogens with two attached hydrogens (primary N) is 1. The molecule has 2 rings (SSSR count). The van der Waals surface area contributed by atoms with Crippen molar-refractivity contribution in [3.63, 3.8) is 0 Å². The zero-order chi connectivity index (χ0) is 9.42. The third-order valence-corrected chi connectivity index (χ3v) is 2.56. The molecular weight excluding hydrogens is 166 g/mol. The van der Waals surface area contributed by atoms with Gasteiger partial charge in [0.15, 0.2) is 5.78 Å². The first-order chi connectivity index (χ1) is 6.24. The summed E-state index contributed by atoms with van der Waals surface area (Å²) in [5, 5.41) is 0. The second kappa shape index (κ2) is 3.00. The van der Waals surface area contributed by atoms with E-state index < -0.39 is 0 Å². The molecule has 3 nitrogen and oxygen atoms in total. The Morgan fingerprint density at radius 3 is 3.00 bits per heavy atom. The minimum atomic E-state index is 0.00407. The van der Waals surface area contributed by atoms with Crippen molar-refractivity contribution in [2.45, 2.75) is 26.2 Å². The molecule has 0 atom stereocenters. The van der Waals surface area contributed by atoms with E-state index >= 15 is 0 Å². The third kappa shape index (κ3) is 1.20. The van der Waals surface area contributed by atoms with E-state index in [-0.39, 0.29) is 12.3 Å². The van der Waals surface area contributed by atoms with Crippen LogP contribution in [0.3, 0.4) is 0 Å². The Morgan fingerprint density at radius 1 is 1.54 bits per heavy atom. The van der Waals surface area contributed by atoms with Gasteiger partial charge in [0, 0.05) is 12.0 Å². The van der Waals surface area contributed by atoms with Crippen LogP contribution in [0.2, 0.25) is 0 Å². The molecule has 0 spiro atoms. The summed E-state index contributed by atoms with van der Waals surface area (Å²) in [7, 11) is 0. The van der Waals surface area contributed by atoms with Crippen LogP contribution in [-0.2, 0) is 12.8 Å². The first kappa shape index (κ1) is 8.51. The van der Waals surface area contributed by atoms with Crippen LogP contribution >= 0.6 is 0 Å². The van der Waals surface area contributed by atoms with E-state index in [4.69, 9.17) is 10.2 Å². The van der Waals surface area contributed by atoms with Gasteiger partial charge in [-0.25, -0.2) is 0 Å². The maximum atomic E-state index is 11.5. The van der Waals surface area contributed by atoms with Crippen molar-refractivity contribution in [3.05, 3.63) is 22.6 Å². The van der Waals surface area contributed by atoms with Crippen molar-refractivity contribution >= 4 is 5.78 Å². The Labute approximate surface area is 76.9 Å². The monoisotopic (exact) mass is 179 g/mol. The Balaban J connectivity index is 2.50. The van der Waals surface area contributed by atoms with E-state index in [2.05, 4.69) is 0 Å². The zero-order valence-corrected chi connectivity index (χ0v) is 7.72. The lowest BCUT2D eigenvalue weighted by Gasteiger charge is -1.97. The highest BCUT2D eigenvalue weighted by Gasteiger charge is 2.25. The Bertz CT molecular complexity index is 352. The molecule has 0 saturated heterocycles. The average molecular weight is 179 g/mol. The maximum Gasteiger partial charge on any atom is 0.180 e. The van der Waals surface area contributed by atoms with Crippen LogP contribution in [0.15, 0.2) is 4.42 Å². The van der Waals surface area contributed by atoms with Gasteiger partial charge < -0.3 is 10.2 Å². The van der Waals surface area contributed by atoms with E-state index in [0.29, 0.717) is 0 Å². The van der Waals surface area contributed by atoms with Crippen LogP contribution in [0.4, 0.5) is 0 Å². The number of Topliss-reactive ketones (excluding diaryl/α,β-unsaturated/α-hetero) is 1. The molecule has 2 N–H and O–H groups in total. The van der Waals surface area contributed by atoms with Gasteiger partial charge in [0.25, 0.3) is 0 Å². The molecule has 0 saturated carbocycles. The fourth-order valence-corrected chi connectivity index (χ4v) is 2.01. The largest absolute Gasteiger partial charge is 0.465 e. The SMILES string of the molecule is Cc1oc2c(c1C(=O)CN)CCC2. The van der Waals surface area contributed by atoms with E-state index in [1.165, 1.54) is 0 Å². The van der Waals surface area contributed by atoms with Crippen molar-refractivity contribution in [2.24, 2.45) is 5.73 Å². The number of fused-ring (bicyclic) bond motifs is 1. The van der Waals surface area contributed by atoms with Gasteiger partial charge in [0.1, 0.15) is 11.5 Å². The molecule has 0 radical (unpaired) electrons. The summed E-state index contributed by atoms with van der Waals surface area (Å²) < 4.78 is 5.50. The predicted octanol–water partition coefficient (Wildman–Crippen LogP) is 1.22. The summed E-state index contributed by atoms with van der Waals surface area (Å²) in [4.78, 5) is 11.5. The predicted molar refractivity (Wildman–Crippen MR) is 48.9 cm³/mol. The summed E-state index contributed by atoms with van der Waals surface area (Å²) >= 11 is 0. The number of aryl methyl sites for hydroxylation is 2. The molecule has 13 heavy (non-hydrogen) atoms. The lowest BCUT2D eigenvalue weighted by Crippen LogP contribution is -2.15. The molecule has 0 amide bonds.